The number of nitrogens with zero attached hydrogens (tertiary/aromatic N) is 1. The van der Waals surface area contributed by atoms with Gasteiger partial charge < -0.3 is 4.52 Å². The Balaban J connectivity index is 2.50. The first-order chi connectivity index (χ1) is 3.93. The van der Waals surface area contributed by atoms with Gasteiger partial charge >= 0.3 is 0 Å². The van der Waals surface area contributed by atoms with Crippen molar-refractivity contribution in [1.82, 2.24) is 9.99 Å². The van der Waals surface area contributed by atoms with Gasteiger partial charge in [-0.1, -0.05) is 5.16 Å². The third kappa shape index (κ3) is 1.21. The second-order valence-corrected chi connectivity index (χ2v) is 1.61. The summed E-state index contributed by atoms with van der Waals surface area (Å²) < 4.78 is 4.52. The molecule has 1 aromatic rings. The van der Waals surface area contributed by atoms with Crippen LogP contribution >= 0.6 is 11.8 Å². The number of nitrogens with one attached hydrogen (secondary N) is 1. The van der Waals surface area contributed by atoms with Crippen LogP contribution in [0.3, 0.4) is 0 Å². The van der Waals surface area contributed by atoms with Crippen LogP contribution in [0, 0.1) is 0 Å². The van der Waals surface area contributed by atoms with E-state index in [0.717, 1.165) is 5.56 Å². The van der Waals surface area contributed by atoms with Gasteiger partial charge in [0, 0.05) is 12.1 Å². The molecule has 0 radical (unpaired) electrons. The Hall–Kier alpha value is -0.540. The van der Waals surface area contributed by atoms with Crippen LogP contribution in [0.1, 0.15) is 5.56 Å². The van der Waals surface area contributed by atoms with E-state index in [1.54, 1.807) is 6.20 Å². The molecule has 44 valence electrons. The highest BCUT2D eigenvalue weighted by atomic mass is 35.5. The number of hydrogen-bond acceptors (Lipinski definition) is 3. The van der Waals surface area contributed by atoms with E-state index in [-0.39, 0.29) is 0 Å². The van der Waals surface area contributed by atoms with E-state index >= 15 is 0 Å². The molecule has 3 nitrogen and oxygen atoms in total. The fourth-order valence-electron chi connectivity index (χ4n) is 0.391. The molecule has 0 aliphatic heterocycles. The van der Waals surface area contributed by atoms with Crippen molar-refractivity contribution >= 4 is 11.8 Å². The van der Waals surface area contributed by atoms with Crippen molar-refractivity contribution in [1.29, 1.82) is 0 Å². The van der Waals surface area contributed by atoms with Crippen molar-refractivity contribution in [2.45, 2.75) is 6.54 Å². The summed E-state index contributed by atoms with van der Waals surface area (Å²) in [4.78, 5) is 2.44. The number of hydrogen-bond donors (Lipinski definition) is 1. The summed E-state index contributed by atoms with van der Waals surface area (Å²) >= 11 is 5.17. The van der Waals surface area contributed by atoms with Gasteiger partial charge in [-0.15, -0.1) is 0 Å². The summed E-state index contributed by atoms with van der Waals surface area (Å²) in [5.74, 6) is 0. The van der Waals surface area contributed by atoms with Crippen LogP contribution in [0.25, 0.3) is 0 Å². The van der Waals surface area contributed by atoms with Crippen molar-refractivity contribution in [2.24, 2.45) is 0 Å². The minimum Gasteiger partial charge on any atom is -0.364 e. The lowest BCUT2D eigenvalue weighted by molar-refractivity contribution is 0.419. The zero-order valence-corrected chi connectivity index (χ0v) is 4.85. The molecule has 8 heavy (non-hydrogen) atoms. The summed E-state index contributed by atoms with van der Waals surface area (Å²) in [6.07, 6.45) is 3.14. The molecule has 1 aromatic heterocycles. The molecule has 0 unspecified atom stereocenters. The largest absolute Gasteiger partial charge is 0.364 e. The molecule has 4 heteroatoms. The molecular weight excluding hydrogens is 128 g/mol. The fraction of sp³-hybridized carbons (Fsp3) is 0.250. The van der Waals surface area contributed by atoms with Crippen LogP contribution in [0.15, 0.2) is 17.0 Å². The van der Waals surface area contributed by atoms with Gasteiger partial charge in [0.25, 0.3) is 0 Å². The smallest absolute Gasteiger partial charge is 0.128 e. The van der Waals surface area contributed by atoms with Gasteiger partial charge in [-0.25, -0.2) is 4.84 Å². The Labute approximate surface area is 51.7 Å². The Kier molecular flexibility index (Phi) is 1.88. The van der Waals surface area contributed by atoms with E-state index in [2.05, 4.69) is 14.5 Å². The normalized spacial score (nSPS) is 9.62. The minimum atomic E-state index is 0.588. The maximum absolute atomic E-state index is 5.17. The topological polar surface area (TPSA) is 38.1 Å². The third-order valence-electron chi connectivity index (χ3n) is 0.754. The molecule has 0 spiro atoms. The van der Waals surface area contributed by atoms with Crippen molar-refractivity contribution in [3.63, 3.8) is 0 Å². The predicted octanol–water partition coefficient (Wildman–Crippen LogP) is 0.918. The predicted molar refractivity (Wildman–Crippen MR) is 29.2 cm³/mol. The van der Waals surface area contributed by atoms with Gasteiger partial charge in [0.1, 0.15) is 6.26 Å². The molecule has 0 saturated heterocycles. The van der Waals surface area contributed by atoms with E-state index in [4.69, 9.17) is 11.8 Å². The molecule has 0 amide bonds. The lowest BCUT2D eigenvalue weighted by atomic mass is 10.4. The lowest BCUT2D eigenvalue weighted by Gasteiger charge is -1.84. The van der Waals surface area contributed by atoms with Crippen LogP contribution in [-0.4, -0.2) is 5.16 Å². The molecule has 0 fully saturated rings. The number of rotatable bonds is 2. The Morgan fingerprint density at radius 1 is 1.88 bits per heavy atom. The van der Waals surface area contributed by atoms with Crippen molar-refractivity contribution in [3.8, 4) is 0 Å². The number of aromatic nitrogens is 1. The SMILES string of the molecule is ClNCc1cnoc1. The first kappa shape index (κ1) is 5.59. The van der Waals surface area contributed by atoms with Gasteiger partial charge in [-0.05, 0) is 11.8 Å². The van der Waals surface area contributed by atoms with E-state index in [0.29, 0.717) is 6.54 Å². The van der Waals surface area contributed by atoms with Gasteiger partial charge in [-0.3, -0.25) is 0 Å². The van der Waals surface area contributed by atoms with Crippen molar-refractivity contribution < 1.29 is 4.52 Å². The highest BCUT2D eigenvalue weighted by Gasteiger charge is 1.89. The average molecular weight is 133 g/mol. The van der Waals surface area contributed by atoms with Gasteiger partial charge in [0.2, 0.25) is 0 Å². The monoisotopic (exact) mass is 132 g/mol. The quantitative estimate of drug-likeness (QED) is 0.608. The fourth-order valence-corrected chi connectivity index (χ4v) is 0.545. The van der Waals surface area contributed by atoms with Gasteiger partial charge in [-0.2, -0.15) is 0 Å². The first-order valence-electron chi connectivity index (χ1n) is 2.15. The second kappa shape index (κ2) is 2.69. The van der Waals surface area contributed by atoms with Crippen LogP contribution in [0.2, 0.25) is 0 Å². The highest BCUT2D eigenvalue weighted by molar-refractivity contribution is 6.13. The molecule has 0 atom stereocenters. The van der Waals surface area contributed by atoms with E-state index in [1.807, 2.05) is 0 Å². The maximum atomic E-state index is 5.17. The Morgan fingerprint density at radius 2 is 2.75 bits per heavy atom. The average Bonchev–Trinajstić information content (AvgIpc) is 2.19. The van der Waals surface area contributed by atoms with E-state index < -0.39 is 0 Å². The molecule has 1 heterocycles. The molecule has 0 aliphatic rings. The summed E-state index contributed by atoms with van der Waals surface area (Å²) in [6.45, 7) is 0.588. The molecule has 0 aromatic carbocycles. The Morgan fingerprint density at radius 3 is 3.25 bits per heavy atom. The maximum Gasteiger partial charge on any atom is 0.128 e. The van der Waals surface area contributed by atoms with Crippen LogP contribution in [0.5, 0.6) is 0 Å². The second-order valence-electron chi connectivity index (χ2n) is 1.34. The van der Waals surface area contributed by atoms with Crippen LogP contribution in [0.4, 0.5) is 0 Å². The molecule has 0 saturated carbocycles. The minimum absolute atomic E-state index is 0.588. The Bertz CT molecular complexity index is 140. The summed E-state index contributed by atoms with van der Waals surface area (Å²) in [5.41, 5.74) is 0.944. The molecule has 0 aliphatic carbocycles. The zero-order chi connectivity index (χ0) is 5.82. The summed E-state index contributed by atoms with van der Waals surface area (Å²) in [6, 6.07) is 0. The van der Waals surface area contributed by atoms with E-state index in [1.165, 1.54) is 6.26 Å². The number of halogens is 1. The third-order valence-corrected chi connectivity index (χ3v) is 0.888. The van der Waals surface area contributed by atoms with Crippen LogP contribution in [-0.2, 0) is 6.54 Å². The van der Waals surface area contributed by atoms with Crippen LogP contribution < -0.4 is 4.84 Å². The molecule has 1 rings (SSSR count). The molecule has 0 bridgehead atoms. The highest BCUT2D eigenvalue weighted by Crippen LogP contribution is 1.94. The summed E-state index contributed by atoms with van der Waals surface area (Å²) in [7, 11) is 0. The standard InChI is InChI=1S/C4H5ClN2O/c5-6-1-4-2-7-8-3-4/h2-3,6H,1H2. The first-order valence-corrected chi connectivity index (χ1v) is 2.53. The lowest BCUT2D eigenvalue weighted by Crippen LogP contribution is -1.95. The molecular formula is C4H5ClN2O. The van der Waals surface area contributed by atoms with E-state index in [9.17, 15) is 0 Å². The van der Waals surface area contributed by atoms with Gasteiger partial charge in [0.05, 0.1) is 6.20 Å². The zero-order valence-electron chi connectivity index (χ0n) is 4.10. The molecule has 1 N–H and O–H groups in total. The van der Waals surface area contributed by atoms with Crippen molar-refractivity contribution in [2.75, 3.05) is 0 Å². The summed E-state index contributed by atoms with van der Waals surface area (Å²) in [5, 5.41) is 3.47. The van der Waals surface area contributed by atoms with Crippen molar-refractivity contribution in [3.05, 3.63) is 18.0 Å². The van der Waals surface area contributed by atoms with Gasteiger partial charge in [0.15, 0.2) is 0 Å².